The average Bonchev–Trinajstić information content (AvgIpc) is 2.81. The van der Waals surface area contributed by atoms with Gasteiger partial charge in [0.15, 0.2) is 11.5 Å². The molecule has 1 aliphatic rings. The molecule has 2 rings (SSSR count). The quantitative estimate of drug-likeness (QED) is 0.552. The predicted octanol–water partition coefficient (Wildman–Crippen LogP) is 0.694. The summed E-state index contributed by atoms with van der Waals surface area (Å²) in [6, 6.07) is 4.69. The number of likely N-dealkylation sites (N-methyl/N-ethyl adjacent to an activating group) is 1. The maximum atomic E-state index is 12.5. The first-order chi connectivity index (χ1) is 15.3. The van der Waals surface area contributed by atoms with Crippen LogP contribution in [0.25, 0.3) is 0 Å². The molecule has 1 N–H and O–H groups in total. The molecule has 32 heavy (non-hydrogen) atoms. The zero-order valence-electron chi connectivity index (χ0n) is 19.0. The van der Waals surface area contributed by atoms with Gasteiger partial charge in [0.25, 0.3) is 5.91 Å². The fourth-order valence-electron chi connectivity index (χ4n) is 3.39. The molecule has 0 spiro atoms. The van der Waals surface area contributed by atoms with Gasteiger partial charge in [-0.2, -0.15) is 0 Å². The number of hydrogen-bond donors (Lipinski definition) is 1. The smallest absolute Gasteiger partial charge is 0.309 e. The summed E-state index contributed by atoms with van der Waals surface area (Å²) < 4.78 is 15.3. The van der Waals surface area contributed by atoms with Crippen molar-refractivity contribution in [3.63, 3.8) is 0 Å². The molecular formula is C22H31N3O7. The van der Waals surface area contributed by atoms with Gasteiger partial charge in [0, 0.05) is 25.7 Å². The van der Waals surface area contributed by atoms with Crippen molar-refractivity contribution in [3.8, 4) is 11.5 Å². The minimum absolute atomic E-state index is 0.102. The molecular weight excluding hydrogens is 418 g/mol. The maximum absolute atomic E-state index is 12.5. The number of rotatable bonds is 9. The second-order valence-corrected chi connectivity index (χ2v) is 7.41. The molecule has 10 nitrogen and oxygen atoms in total. The first-order valence-electron chi connectivity index (χ1n) is 10.5. The number of methoxy groups -OCH3 is 2. The van der Waals surface area contributed by atoms with Gasteiger partial charge in [0.2, 0.25) is 11.8 Å². The van der Waals surface area contributed by atoms with E-state index in [0.717, 1.165) is 0 Å². The van der Waals surface area contributed by atoms with E-state index in [9.17, 15) is 19.2 Å². The lowest BCUT2D eigenvalue weighted by Gasteiger charge is -2.32. The van der Waals surface area contributed by atoms with Crippen molar-refractivity contribution in [1.29, 1.82) is 0 Å². The topological polar surface area (TPSA) is 114 Å². The van der Waals surface area contributed by atoms with E-state index >= 15 is 0 Å². The molecule has 0 aliphatic carbocycles. The van der Waals surface area contributed by atoms with E-state index in [1.54, 1.807) is 24.0 Å². The molecule has 1 fully saturated rings. The van der Waals surface area contributed by atoms with E-state index in [2.05, 4.69) is 5.32 Å². The second-order valence-electron chi connectivity index (χ2n) is 7.41. The third-order valence-electron chi connectivity index (χ3n) is 5.31. The number of amides is 3. The number of ether oxygens (including phenoxy) is 3. The average molecular weight is 450 g/mol. The lowest BCUT2D eigenvalue weighted by atomic mass is 9.97. The Labute approximate surface area is 187 Å². The molecule has 0 unspecified atom stereocenters. The van der Waals surface area contributed by atoms with Crippen LogP contribution in [-0.4, -0.2) is 87.5 Å². The third-order valence-corrected chi connectivity index (χ3v) is 5.31. The fraction of sp³-hybridized carbons (Fsp3) is 0.545. The number of piperidine rings is 1. The first kappa shape index (κ1) is 25.0. The van der Waals surface area contributed by atoms with Crippen LogP contribution < -0.4 is 14.8 Å². The Morgan fingerprint density at radius 3 is 2.34 bits per heavy atom. The summed E-state index contributed by atoms with van der Waals surface area (Å²) in [6.07, 6.45) is 1.09. The number of likely N-dealkylation sites (tertiary alicyclic amines) is 1. The summed E-state index contributed by atoms with van der Waals surface area (Å²) in [4.78, 5) is 52.0. The van der Waals surface area contributed by atoms with Crippen LogP contribution in [0.15, 0.2) is 18.2 Å². The molecule has 0 atom stereocenters. The van der Waals surface area contributed by atoms with Crippen molar-refractivity contribution in [1.82, 2.24) is 15.1 Å². The number of benzene rings is 1. The Morgan fingerprint density at radius 1 is 1.09 bits per heavy atom. The molecule has 1 heterocycles. The van der Waals surface area contributed by atoms with Crippen molar-refractivity contribution < 1.29 is 33.4 Å². The highest BCUT2D eigenvalue weighted by Crippen LogP contribution is 2.27. The molecule has 176 valence electrons. The SMILES string of the molecule is CCOC(=O)C1CCN(C(=O)CN(C)C(=O)CNC(=O)c2ccc(OC)c(OC)c2)CC1. The summed E-state index contributed by atoms with van der Waals surface area (Å²) in [5.41, 5.74) is 0.318. The molecule has 1 saturated heterocycles. The molecule has 0 bridgehead atoms. The normalized spacial score (nSPS) is 13.8. The number of carbonyl (C=O) groups excluding carboxylic acids is 4. The zero-order valence-corrected chi connectivity index (χ0v) is 19.0. The largest absolute Gasteiger partial charge is 0.493 e. The second kappa shape index (κ2) is 11.9. The van der Waals surface area contributed by atoms with Crippen molar-refractivity contribution in [3.05, 3.63) is 23.8 Å². The number of hydrogen-bond acceptors (Lipinski definition) is 7. The molecule has 10 heteroatoms. The van der Waals surface area contributed by atoms with E-state index in [1.165, 1.54) is 32.2 Å². The maximum Gasteiger partial charge on any atom is 0.309 e. The standard InChI is InChI=1S/C22H31N3O7/c1-5-32-22(29)15-8-10-25(11-9-15)20(27)14-24(2)19(26)13-23-21(28)16-6-7-17(30-3)18(12-16)31-4/h6-7,12,15H,5,8-11,13-14H2,1-4H3,(H,23,28). The van der Waals surface area contributed by atoms with Gasteiger partial charge in [-0.25, -0.2) is 0 Å². The minimum atomic E-state index is -0.444. The van der Waals surface area contributed by atoms with Gasteiger partial charge in [0.05, 0.1) is 39.8 Å². The highest BCUT2D eigenvalue weighted by molar-refractivity contribution is 5.97. The number of esters is 1. The van der Waals surface area contributed by atoms with Crippen molar-refractivity contribution >= 4 is 23.7 Å². The number of nitrogens with one attached hydrogen (secondary N) is 1. The summed E-state index contributed by atoms with van der Waals surface area (Å²) >= 11 is 0. The van der Waals surface area contributed by atoms with Crippen molar-refractivity contribution in [2.24, 2.45) is 5.92 Å². The molecule has 0 radical (unpaired) electrons. The van der Waals surface area contributed by atoms with Gasteiger partial charge in [-0.3, -0.25) is 19.2 Å². The van der Waals surface area contributed by atoms with Crippen molar-refractivity contribution in [2.45, 2.75) is 19.8 Å². The van der Waals surface area contributed by atoms with E-state index in [4.69, 9.17) is 14.2 Å². The Bertz CT molecular complexity index is 835. The van der Waals surface area contributed by atoms with E-state index in [-0.39, 0.29) is 30.9 Å². The van der Waals surface area contributed by atoms with Crippen LogP contribution in [0.3, 0.4) is 0 Å². The van der Waals surface area contributed by atoms with Gasteiger partial charge in [-0.1, -0.05) is 0 Å². The zero-order chi connectivity index (χ0) is 23.7. The summed E-state index contributed by atoms with van der Waals surface area (Å²) in [5, 5.41) is 2.55. The minimum Gasteiger partial charge on any atom is -0.493 e. The van der Waals surface area contributed by atoms with Crippen LogP contribution in [0, 0.1) is 5.92 Å². The lowest BCUT2D eigenvalue weighted by molar-refractivity contribution is -0.151. The molecule has 3 amide bonds. The monoisotopic (exact) mass is 449 g/mol. The lowest BCUT2D eigenvalue weighted by Crippen LogP contribution is -2.47. The Kier molecular flexibility index (Phi) is 9.30. The van der Waals surface area contributed by atoms with Crippen LogP contribution in [0.1, 0.15) is 30.1 Å². The summed E-state index contributed by atoms with van der Waals surface area (Å²) in [6.45, 7) is 2.64. The van der Waals surface area contributed by atoms with Gasteiger partial charge < -0.3 is 29.3 Å². The molecule has 1 aromatic carbocycles. The first-order valence-corrected chi connectivity index (χ1v) is 10.5. The van der Waals surface area contributed by atoms with Gasteiger partial charge >= 0.3 is 5.97 Å². The molecule has 0 saturated carbocycles. The van der Waals surface area contributed by atoms with Crippen LogP contribution >= 0.6 is 0 Å². The van der Waals surface area contributed by atoms with E-state index < -0.39 is 11.8 Å². The predicted molar refractivity (Wildman–Crippen MR) is 115 cm³/mol. The van der Waals surface area contributed by atoms with E-state index in [1.807, 2.05) is 0 Å². The van der Waals surface area contributed by atoms with Gasteiger partial charge in [0.1, 0.15) is 0 Å². The van der Waals surface area contributed by atoms with Crippen LogP contribution in [0.5, 0.6) is 11.5 Å². The Morgan fingerprint density at radius 2 is 1.75 bits per heavy atom. The van der Waals surface area contributed by atoms with Gasteiger partial charge in [-0.05, 0) is 38.0 Å². The van der Waals surface area contributed by atoms with Crippen LogP contribution in [-0.2, 0) is 19.1 Å². The summed E-state index contributed by atoms with van der Waals surface area (Å²) in [7, 11) is 4.47. The Hall–Kier alpha value is -3.30. The molecule has 1 aromatic rings. The van der Waals surface area contributed by atoms with Crippen LogP contribution in [0.2, 0.25) is 0 Å². The highest BCUT2D eigenvalue weighted by atomic mass is 16.5. The third kappa shape index (κ3) is 6.60. The van der Waals surface area contributed by atoms with E-state index in [0.29, 0.717) is 49.6 Å². The molecule has 0 aromatic heterocycles. The number of nitrogens with zero attached hydrogens (tertiary/aromatic N) is 2. The van der Waals surface area contributed by atoms with Crippen LogP contribution in [0.4, 0.5) is 0 Å². The fourth-order valence-corrected chi connectivity index (χ4v) is 3.39. The Balaban J connectivity index is 1.80. The summed E-state index contributed by atoms with van der Waals surface area (Å²) in [5.74, 6) is -0.559. The number of carbonyl (C=O) groups is 4. The van der Waals surface area contributed by atoms with Crippen molar-refractivity contribution in [2.75, 3.05) is 54.1 Å². The highest BCUT2D eigenvalue weighted by Gasteiger charge is 2.29. The van der Waals surface area contributed by atoms with Gasteiger partial charge in [-0.15, -0.1) is 0 Å². The molecule has 1 aliphatic heterocycles.